The SMILES string of the molecule is CCCC(=O)N(CC)C(C=N)C(C)=O. The average Bonchev–Trinajstić information content (AvgIpc) is 2.13. The van der Waals surface area contributed by atoms with E-state index < -0.39 is 6.04 Å². The van der Waals surface area contributed by atoms with Gasteiger partial charge in [-0.05, 0) is 20.3 Å². The van der Waals surface area contributed by atoms with E-state index in [0.29, 0.717) is 13.0 Å². The summed E-state index contributed by atoms with van der Waals surface area (Å²) in [5, 5.41) is 7.11. The third-order valence-corrected chi connectivity index (χ3v) is 2.04. The summed E-state index contributed by atoms with van der Waals surface area (Å²) >= 11 is 0. The van der Waals surface area contributed by atoms with E-state index in [1.807, 2.05) is 13.8 Å². The van der Waals surface area contributed by atoms with Gasteiger partial charge in [-0.3, -0.25) is 9.59 Å². The van der Waals surface area contributed by atoms with Crippen LogP contribution in [0, 0.1) is 5.41 Å². The van der Waals surface area contributed by atoms with Crippen molar-refractivity contribution >= 4 is 17.9 Å². The van der Waals surface area contributed by atoms with Crippen LogP contribution in [0.4, 0.5) is 0 Å². The summed E-state index contributed by atoms with van der Waals surface area (Å²) in [7, 11) is 0. The Morgan fingerprint density at radius 2 is 2.00 bits per heavy atom. The number of nitrogens with zero attached hydrogens (tertiary/aromatic N) is 1. The van der Waals surface area contributed by atoms with Crippen molar-refractivity contribution in [1.82, 2.24) is 4.90 Å². The fourth-order valence-electron chi connectivity index (χ4n) is 1.31. The van der Waals surface area contributed by atoms with Gasteiger partial charge in [0.2, 0.25) is 5.91 Å². The third-order valence-electron chi connectivity index (χ3n) is 2.04. The first kappa shape index (κ1) is 12.8. The van der Waals surface area contributed by atoms with Gasteiger partial charge in [-0.15, -0.1) is 0 Å². The van der Waals surface area contributed by atoms with E-state index in [2.05, 4.69) is 0 Å². The molecule has 0 spiro atoms. The van der Waals surface area contributed by atoms with Crippen LogP contribution in [0.1, 0.15) is 33.6 Å². The number of carbonyl (C=O) groups is 2. The lowest BCUT2D eigenvalue weighted by atomic mass is 10.1. The predicted molar refractivity (Wildman–Crippen MR) is 55.5 cm³/mol. The molecule has 0 radical (unpaired) electrons. The topological polar surface area (TPSA) is 61.2 Å². The summed E-state index contributed by atoms with van der Waals surface area (Å²) in [5.74, 6) is -0.218. The Bertz CT molecular complexity index is 226. The minimum absolute atomic E-state index is 0.0568. The van der Waals surface area contributed by atoms with Crippen molar-refractivity contribution in [2.24, 2.45) is 0 Å². The summed E-state index contributed by atoms with van der Waals surface area (Å²) in [6.07, 6.45) is 2.23. The van der Waals surface area contributed by atoms with Crippen molar-refractivity contribution < 1.29 is 9.59 Å². The zero-order chi connectivity index (χ0) is 11.1. The number of likely N-dealkylation sites (N-methyl/N-ethyl adjacent to an activating group) is 1. The highest BCUT2D eigenvalue weighted by Gasteiger charge is 2.22. The fraction of sp³-hybridized carbons (Fsp3) is 0.700. The van der Waals surface area contributed by atoms with E-state index in [1.165, 1.54) is 11.8 Å². The molecule has 0 aromatic carbocycles. The van der Waals surface area contributed by atoms with Crippen LogP contribution in [0.25, 0.3) is 0 Å². The second kappa shape index (κ2) is 6.29. The Morgan fingerprint density at radius 1 is 1.43 bits per heavy atom. The summed E-state index contributed by atoms with van der Waals surface area (Å²) in [6.45, 7) is 5.60. The van der Waals surface area contributed by atoms with E-state index in [4.69, 9.17) is 5.41 Å². The van der Waals surface area contributed by atoms with E-state index in [0.717, 1.165) is 12.6 Å². The Hall–Kier alpha value is -1.19. The highest BCUT2D eigenvalue weighted by molar-refractivity contribution is 6.00. The molecule has 0 aromatic rings. The molecule has 1 amide bonds. The first-order chi connectivity index (χ1) is 6.58. The molecule has 80 valence electrons. The number of rotatable bonds is 6. The number of nitrogens with one attached hydrogen (secondary N) is 1. The molecule has 4 heteroatoms. The standard InChI is InChI=1S/C10H18N2O2/c1-4-6-10(14)12(5-2)9(7-11)8(3)13/h7,9,11H,4-6H2,1-3H3. The molecule has 14 heavy (non-hydrogen) atoms. The van der Waals surface area contributed by atoms with Crippen LogP contribution >= 0.6 is 0 Å². The molecule has 1 N–H and O–H groups in total. The molecule has 0 aromatic heterocycles. The first-order valence-corrected chi connectivity index (χ1v) is 4.88. The van der Waals surface area contributed by atoms with Gasteiger partial charge in [0, 0.05) is 19.2 Å². The van der Waals surface area contributed by atoms with E-state index in [9.17, 15) is 9.59 Å². The normalized spacial score (nSPS) is 11.9. The summed E-state index contributed by atoms with van der Waals surface area (Å²) < 4.78 is 0. The molecule has 0 saturated heterocycles. The van der Waals surface area contributed by atoms with Gasteiger partial charge < -0.3 is 10.3 Å². The van der Waals surface area contributed by atoms with Gasteiger partial charge in [-0.25, -0.2) is 0 Å². The summed E-state index contributed by atoms with van der Waals surface area (Å²) in [4.78, 5) is 24.1. The monoisotopic (exact) mass is 198 g/mol. The van der Waals surface area contributed by atoms with Crippen molar-refractivity contribution in [2.75, 3.05) is 6.54 Å². The zero-order valence-corrected chi connectivity index (χ0v) is 9.04. The van der Waals surface area contributed by atoms with Crippen LogP contribution in [-0.2, 0) is 9.59 Å². The first-order valence-electron chi connectivity index (χ1n) is 4.88. The second-order valence-electron chi connectivity index (χ2n) is 3.15. The van der Waals surface area contributed by atoms with E-state index in [1.54, 1.807) is 0 Å². The lowest BCUT2D eigenvalue weighted by Gasteiger charge is -2.25. The lowest BCUT2D eigenvalue weighted by molar-refractivity contribution is -0.136. The van der Waals surface area contributed by atoms with Gasteiger partial charge in [0.15, 0.2) is 5.78 Å². The second-order valence-corrected chi connectivity index (χ2v) is 3.15. The van der Waals surface area contributed by atoms with Gasteiger partial charge >= 0.3 is 0 Å². The number of Topliss-reactive ketones (excluding diaryl/α,β-unsaturated/α-hetero) is 1. The maximum absolute atomic E-state index is 11.5. The van der Waals surface area contributed by atoms with Gasteiger partial charge in [0.25, 0.3) is 0 Å². The quantitative estimate of drug-likeness (QED) is 0.653. The summed E-state index contributed by atoms with van der Waals surface area (Å²) in [5.41, 5.74) is 0. The maximum atomic E-state index is 11.5. The molecule has 0 heterocycles. The number of carbonyl (C=O) groups excluding carboxylic acids is 2. The van der Waals surface area contributed by atoms with E-state index >= 15 is 0 Å². The number of ketones is 1. The largest absolute Gasteiger partial charge is 0.328 e. The minimum atomic E-state index is -0.681. The van der Waals surface area contributed by atoms with Crippen molar-refractivity contribution in [3.05, 3.63) is 0 Å². The molecule has 0 aliphatic heterocycles. The molecular weight excluding hydrogens is 180 g/mol. The fourth-order valence-corrected chi connectivity index (χ4v) is 1.31. The van der Waals surface area contributed by atoms with Gasteiger partial charge in [-0.1, -0.05) is 6.92 Å². The molecule has 1 atom stereocenters. The Balaban J connectivity index is 4.58. The van der Waals surface area contributed by atoms with Crippen LogP contribution in [0.3, 0.4) is 0 Å². The van der Waals surface area contributed by atoms with Gasteiger partial charge in [-0.2, -0.15) is 0 Å². The highest BCUT2D eigenvalue weighted by Crippen LogP contribution is 2.03. The van der Waals surface area contributed by atoms with Crippen molar-refractivity contribution in [2.45, 2.75) is 39.7 Å². The zero-order valence-electron chi connectivity index (χ0n) is 9.04. The molecule has 0 fully saturated rings. The molecule has 1 unspecified atom stereocenters. The molecule has 0 aliphatic carbocycles. The van der Waals surface area contributed by atoms with Crippen molar-refractivity contribution in [3.8, 4) is 0 Å². The van der Waals surface area contributed by atoms with Gasteiger partial charge in [0.1, 0.15) is 6.04 Å². The minimum Gasteiger partial charge on any atom is -0.328 e. The highest BCUT2D eigenvalue weighted by atomic mass is 16.2. The van der Waals surface area contributed by atoms with Crippen molar-refractivity contribution in [1.29, 1.82) is 5.41 Å². The Labute approximate surface area is 84.8 Å². The van der Waals surface area contributed by atoms with Crippen molar-refractivity contribution in [3.63, 3.8) is 0 Å². The number of amides is 1. The molecule has 0 saturated carbocycles. The van der Waals surface area contributed by atoms with E-state index in [-0.39, 0.29) is 11.7 Å². The molecular formula is C10H18N2O2. The predicted octanol–water partition coefficient (Wildman–Crippen LogP) is 1.24. The van der Waals surface area contributed by atoms with Crippen LogP contribution in [0.15, 0.2) is 0 Å². The Kier molecular flexibility index (Phi) is 5.76. The molecule has 4 nitrogen and oxygen atoms in total. The Morgan fingerprint density at radius 3 is 2.29 bits per heavy atom. The smallest absolute Gasteiger partial charge is 0.223 e. The number of hydrogen-bond acceptors (Lipinski definition) is 3. The lowest BCUT2D eigenvalue weighted by Crippen LogP contribution is -2.44. The van der Waals surface area contributed by atoms with Gasteiger partial charge in [0.05, 0.1) is 0 Å². The molecule has 0 bridgehead atoms. The number of hydrogen-bond donors (Lipinski definition) is 1. The van der Waals surface area contributed by atoms with Crippen LogP contribution in [0.5, 0.6) is 0 Å². The molecule has 0 rings (SSSR count). The van der Waals surface area contributed by atoms with Crippen LogP contribution < -0.4 is 0 Å². The molecule has 0 aliphatic rings. The van der Waals surface area contributed by atoms with Crippen LogP contribution in [0.2, 0.25) is 0 Å². The third kappa shape index (κ3) is 3.28. The average molecular weight is 198 g/mol. The van der Waals surface area contributed by atoms with Crippen LogP contribution in [-0.4, -0.2) is 35.4 Å². The summed E-state index contributed by atoms with van der Waals surface area (Å²) in [6, 6.07) is -0.681. The maximum Gasteiger partial charge on any atom is 0.223 e.